The molecule has 1 saturated heterocycles. The SMILES string of the molecule is COC1c2c(OCC(=O)OC(C)(C)C)cccc2C(=O)N1C1CCC(=O)NC1=O. The van der Waals surface area contributed by atoms with E-state index in [1.807, 2.05) is 0 Å². The van der Waals surface area contributed by atoms with Gasteiger partial charge in [0.05, 0.1) is 11.1 Å². The number of fused-ring (bicyclic) bond motifs is 1. The van der Waals surface area contributed by atoms with Gasteiger partial charge in [-0.1, -0.05) is 6.07 Å². The first-order valence-electron chi connectivity index (χ1n) is 9.29. The smallest absolute Gasteiger partial charge is 0.344 e. The van der Waals surface area contributed by atoms with E-state index in [0.717, 1.165) is 0 Å². The molecular weight excluding hydrogens is 380 g/mol. The summed E-state index contributed by atoms with van der Waals surface area (Å²) < 4.78 is 16.4. The summed E-state index contributed by atoms with van der Waals surface area (Å²) in [7, 11) is 1.41. The van der Waals surface area contributed by atoms with Crippen molar-refractivity contribution in [2.45, 2.75) is 51.5 Å². The van der Waals surface area contributed by atoms with Gasteiger partial charge in [-0.2, -0.15) is 0 Å². The highest BCUT2D eigenvalue weighted by Gasteiger charge is 2.46. The molecule has 1 aromatic carbocycles. The zero-order valence-electron chi connectivity index (χ0n) is 16.8. The van der Waals surface area contributed by atoms with Crippen LogP contribution in [-0.2, 0) is 23.9 Å². The molecule has 0 bridgehead atoms. The standard InChI is InChI=1S/C20H24N2O7/c1-20(2,3)29-15(24)10-28-13-7-5-6-11-16(13)19(27-4)22(18(11)26)12-8-9-14(23)21-17(12)25/h5-7,12,19H,8-10H2,1-4H3,(H,21,23,25). The summed E-state index contributed by atoms with van der Waals surface area (Å²) in [6, 6.07) is 4.02. The lowest BCUT2D eigenvalue weighted by Crippen LogP contribution is -2.53. The number of benzene rings is 1. The van der Waals surface area contributed by atoms with Crippen LogP contribution < -0.4 is 10.1 Å². The van der Waals surface area contributed by atoms with Crippen molar-refractivity contribution >= 4 is 23.7 Å². The van der Waals surface area contributed by atoms with Gasteiger partial charge >= 0.3 is 5.97 Å². The second-order valence-electron chi connectivity index (χ2n) is 7.86. The Kier molecular flexibility index (Phi) is 5.61. The second kappa shape index (κ2) is 7.82. The highest BCUT2D eigenvalue weighted by atomic mass is 16.6. The minimum absolute atomic E-state index is 0.134. The molecule has 0 aromatic heterocycles. The summed E-state index contributed by atoms with van der Waals surface area (Å²) in [5, 5.41) is 2.25. The molecule has 1 N–H and O–H groups in total. The molecule has 2 aliphatic heterocycles. The predicted octanol–water partition coefficient (Wildman–Crippen LogP) is 1.31. The molecule has 156 valence electrons. The van der Waals surface area contributed by atoms with Crippen molar-refractivity contribution < 1.29 is 33.4 Å². The third-order valence-corrected chi connectivity index (χ3v) is 4.57. The van der Waals surface area contributed by atoms with E-state index < -0.39 is 35.7 Å². The minimum Gasteiger partial charge on any atom is -0.481 e. The summed E-state index contributed by atoms with van der Waals surface area (Å²) in [6.45, 7) is 4.92. The predicted molar refractivity (Wildman–Crippen MR) is 99.9 cm³/mol. The molecule has 1 fully saturated rings. The molecule has 0 saturated carbocycles. The summed E-state index contributed by atoms with van der Waals surface area (Å²) in [5.74, 6) is -1.56. The topological polar surface area (TPSA) is 111 Å². The molecule has 1 aromatic rings. The number of carbonyl (C=O) groups excluding carboxylic acids is 4. The van der Waals surface area contributed by atoms with Crippen LogP contribution >= 0.6 is 0 Å². The molecule has 2 heterocycles. The highest BCUT2D eigenvalue weighted by molar-refractivity contribution is 6.06. The van der Waals surface area contributed by atoms with E-state index >= 15 is 0 Å². The third kappa shape index (κ3) is 4.24. The van der Waals surface area contributed by atoms with E-state index in [4.69, 9.17) is 14.2 Å². The van der Waals surface area contributed by atoms with Crippen LogP contribution in [0.3, 0.4) is 0 Å². The number of amides is 3. The molecule has 3 amide bonds. The fraction of sp³-hybridized carbons (Fsp3) is 0.500. The van der Waals surface area contributed by atoms with Crippen LogP contribution in [-0.4, -0.2) is 54.0 Å². The number of rotatable bonds is 5. The number of methoxy groups -OCH3 is 1. The monoisotopic (exact) mass is 404 g/mol. The van der Waals surface area contributed by atoms with Gasteiger partial charge in [-0.25, -0.2) is 4.79 Å². The van der Waals surface area contributed by atoms with Gasteiger partial charge in [-0.05, 0) is 39.3 Å². The zero-order valence-corrected chi connectivity index (χ0v) is 16.8. The largest absolute Gasteiger partial charge is 0.481 e. The first-order chi connectivity index (χ1) is 13.6. The van der Waals surface area contributed by atoms with E-state index in [2.05, 4.69) is 5.32 Å². The highest BCUT2D eigenvalue weighted by Crippen LogP contribution is 2.42. The molecular formula is C20H24N2O7. The Morgan fingerprint density at radius 2 is 1.97 bits per heavy atom. The van der Waals surface area contributed by atoms with Gasteiger partial charge in [0.15, 0.2) is 12.8 Å². The fourth-order valence-electron chi connectivity index (χ4n) is 3.49. The van der Waals surface area contributed by atoms with Crippen molar-refractivity contribution in [3.05, 3.63) is 29.3 Å². The molecule has 2 aliphatic rings. The van der Waals surface area contributed by atoms with Crippen LogP contribution in [0.15, 0.2) is 18.2 Å². The summed E-state index contributed by atoms with van der Waals surface area (Å²) in [6.07, 6.45) is -0.538. The van der Waals surface area contributed by atoms with Crippen LogP contribution in [0.4, 0.5) is 0 Å². The summed E-state index contributed by atoms with van der Waals surface area (Å²) in [4.78, 5) is 50.1. The van der Waals surface area contributed by atoms with Crippen molar-refractivity contribution in [3.63, 3.8) is 0 Å². The number of hydrogen-bond donors (Lipinski definition) is 1. The fourth-order valence-corrected chi connectivity index (χ4v) is 3.49. The van der Waals surface area contributed by atoms with E-state index in [9.17, 15) is 19.2 Å². The number of esters is 1. The first-order valence-corrected chi connectivity index (χ1v) is 9.29. The maximum atomic E-state index is 13.0. The number of nitrogens with one attached hydrogen (secondary N) is 1. The van der Waals surface area contributed by atoms with E-state index in [0.29, 0.717) is 16.9 Å². The molecule has 0 aliphatic carbocycles. The second-order valence-corrected chi connectivity index (χ2v) is 7.86. The van der Waals surface area contributed by atoms with Crippen LogP contribution in [0.1, 0.15) is 55.8 Å². The third-order valence-electron chi connectivity index (χ3n) is 4.57. The molecule has 9 heteroatoms. The van der Waals surface area contributed by atoms with E-state index in [-0.39, 0.29) is 25.4 Å². The Balaban J connectivity index is 1.85. The van der Waals surface area contributed by atoms with Gasteiger partial charge in [0, 0.05) is 13.5 Å². The first kappa shape index (κ1) is 20.8. The Morgan fingerprint density at radius 1 is 1.24 bits per heavy atom. The molecule has 2 unspecified atom stereocenters. The lowest BCUT2D eigenvalue weighted by atomic mass is 10.0. The molecule has 9 nitrogen and oxygen atoms in total. The number of nitrogens with zero attached hydrogens (tertiary/aromatic N) is 1. The molecule has 0 spiro atoms. The number of hydrogen-bond acceptors (Lipinski definition) is 7. The van der Waals surface area contributed by atoms with Crippen molar-refractivity contribution in [2.75, 3.05) is 13.7 Å². The average Bonchev–Trinajstić information content (AvgIpc) is 2.91. The zero-order chi connectivity index (χ0) is 21.3. The van der Waals surface area contributed by atoms with Crippen molar-refractivity contribution in [1.29, 1.82) is 0 Å². The van der Waals surface area contributed by atoms with Gasteiger partial charge in [-0.3, -0.25) is 24.6 Å². The lowest BCUT2D eigenvalue weighted by Gasteiger charge is -2.33. The van der Waals surface area contributed by atoms with Crippen LogP contribution in [0.5, 0.6) is 5.75 Å². The van der Waals surface area contributed by atoms with Crippen LogP contribution in [0, 0.1) is 0 Å². The van der Waals surface area contributed by atoms with Gasteiger partial charge in [-0.15, -0.1) is 0 Å². The number of piperidine rings is 1. The maximum Gasteiger partial charge on any atom is 0.344 e. The Morgan fingerprint density at radius 3 is 2.59 bits per heavy atom. The van der Waals surface area contributed by atoms with Gasteiger partial charge in [0.25, 0.3) is 5.91 Å². The van der Waals surface area contributed by atoms with Gasteiger partial charge < -0.3 is 14.2 Å². The maximum absolute atomic E-state index is 13.0. The molecule has 29 heavy (non-hydrogen) atoms. The molecule has 0 radical (unpaired) electrons. The number of carbonyl (C=O) groups is 4. The Bertz CT molecular complexity index is 859. The van der Waals surface area contributed by atoms with Gasteiger partial charge in [0.1, 0.15) is 17.4 Å². The Hall–Kier alpha value is -2.94. The van der Waals surface area contributed by atoms with Crippen molar-refractivity contribution in [2.24, 2.45) is 0 Å². The van der Waals surface area contributed by atoms with Gasteiger partial charge in [0.2, 0.25) is 11.8 Å². The number of imide groups is 1. The average molecular weight is 404 g/mol. The molecule has 2 atom stereocenters. The summed E-state index contributed by atoms with van der Waals surface area (Å²) >= 11 is 0. The van der Waals surface area contributed by atoms with Crippen molar-refractivity contribution in [1.82, 2.24) is 10.2 Å². The normalized spacial score (nSPS) is 21.7. The quantitative estimate of drug-likeness (QED) is 0.582. The minimum atomic E-state index is -0.878. The Labute approximate surface area is 168 Å². The van der Waals surface area contributed by atoms with E-state index in [1.54, 1.807) is 39.0 Å². The van der Waals surface area contributed by atoms with Crippen LogP contribution in [0.2, 0.25) is 0 Å². The summed E-state index contributed by atoms with van der Waals surface area (Å²) in [5.41, 5.74) is 0.115. The van der Waals surface area contributed by atoms with Crippen molar-refractivity contribution in [3.8, 4) is 5.75 Å². The lowest BCUT2D eigenvalue weighted by molar-refractivity contribution is -0.157. The number of ether oxygens (including phenoxy) is 3. The molecule has 3 rings (SSSR count). The van der Waals surface area contributed by atoms with E-state index in [1.165, 1.54) is 12.0 Å². The van der Waals surface area contributed by atoms with Crippen LogP contribution in [0.25, 0.3) is 0 Å².